The molecule has 3 nitrogen and oxygen atoms in total. The Morgan fingerprint density at radius 1 is 1.31 bits per heavy atom. The van der Waals surface area contributed by atoms with Crippen molar-refractivity contribution in [3.8, 4) is 5.75 Å². The van der Waals surface area contributed by atoms with Gasteiger partial charge in [0.05, 0.1) is 6.10 Å². The highest BCUT2D eigenvalue weighted by Crippen LogP contribution is 2.30. The van der Waals surface area contributed by atoms with Gasteiger partial charge in [0.25, 0.3) is 0 Å². The Kier molecular flexibility index (Phi) is 3.17. The number of aliphatic hydroxyl groups excluding tert-OH is 1. The van der Waals surface area contributed by atoms with Crippen LogP contribution in [0.3, 0.4) is 0 Å². The molecule has 0 amide bonds. The highest BCUT2D eigenvalue weighted by atomic mass is 16.6. The monoisotopic (exact) mass is 222 g/mol. The SMILES string of the molecule is COC1C(O)CC1Oc1cc(C)ccc1C. The summed E-state index contributed by atoms with van der Waals surface area (Å²) in [6.07, 6.45) is 0.0341. The third-order valence-corrected chi connectivity index (χ3v) is 3.11. The van der Waals surface area contributed by atoms with Gasteiger partial charge in [0, 0.05) is 13.5 Å². The molecule has 88 valence electrons. The fourth-order valence-electron chi connectivity index (χ4n) is 1.98. The van der Waals surface area contributed by atoms with Crippen LogP contribution in [0, 0.1) is 13.8 Å². The third kappa shape index (κ3) is 2.06. The van der Waals surface area contributed by atoms with Gasteiger partial charge in [-0.05, 0) is 31.0 Å². The number of ether oxygens (including phenoxy) is 2. The zero-order valence-corrected chi connectivity index (χ0v) is 9.93. The Labute approximate surface area is 96.0 Å². The van der Waals surface area contributed by atoms with Gasteiger partial charge >= 0.3 is 0 Å². The van der Waals surface area contributed by atoms with Crippen LogP contribution in [0.5, 0.6) is 5.75 Å². The van der Waals surface area contributed by atoms with Crippen molar-refractivity contribution in [2.45, 2.75) is 38.6 Å². The minimum absolute atomic E-state index is 0.0273. The molecule has 0 bridgehead atoms. The molecule has 1 aromatic rings. The minimum atomic E-state index is -0.389. The number of aryl methyl sites for hydroxylation is 2. The summed E-state index contributed by atoms with van der Waals surface area (Å²) in [6.45, 7) is 4.06. The molecule has 0 saturated heterocycles. The molecule has 0 aliphatic heterocycles. The second kappa shape index (κ2) is 4.44. The molecular weight excluding hydrogens is 204 g/mol. The number of hydrogen-bond donors (Lipinski definition) is 1. The van der Waals surface area contributed by atoms with Gasteiger partial charge in [-0.2, -0.15) is 0 Å². The lowest BCUT2D eigenvalue weighted by Crippen LogP contribution is -2.54. The molecule has 1 N–H and O–H groups in total. The second-order valence-electron chi connectivity index (χ2n) is 4.43. The van der Waals surface area contributed by atoms with E-state index in [2.05, 4.69) is 6.07 Å². The van der Waals surface area contributed by atoms with E-state index >= 15 is 0 Å². The summed E-state index contributed by atoms with van der Waals surface area (Å²) in [4.78, 5) is 0. The molecule has 2 rings (SSSR count). The average molecular weight is 222 g/mol. The average Bonchev–Trinajstić information content (AvgIpc) is 2.23. The molecule has 16 heavy (non-hydrogen) atoms. The van der Waals surface area contributed by atoms with Crippen molar-refractivity contribution >= 4 is 0 Å². The molecule has 0 spiro atoms. The Bertz CT molecular complexity index is 375. The van der Waals surface area contributed by atoms with Gasteiger partial charge in [-0.25, -0.2) is 0 Å². The first-order chi connectivity index (χ1) is 7.61. The van der Waals surface area contributed by atoms with Crippen LogP contribution in [0.1, 0.15) is 17.5 Å². The first-order valence-corrected chi connectivity index (χ1v) is 5.56. The zero-order chi connectivity index (χ0) is 11.7. The van der Waals surface area contributed by atoms with Gasteiger partial charge in [-0.15, -0.1) is 0 Å². The number of aliphatic hydroxyl groups is 1. The molecule has 3 atom stereocenters. The van der Waals surface area contributed by atoms with Crippen LogP contribution < -0.4 is 4.74 Å². The lowest BCUT2D eigenvalue weighted by atomic mass is 9.88. The largest absolute Gasteiger partial charge is 0.487 e. The second-order valence-corrected chi connectivity index (χ2v) is 4.43. The first kappa shape index (κ1) is 11.4. The Hall–Kier alpha value is -1.06. The molecular formula is C13H18O3. The van der Waals surface area contributed by atoms with Gasteiger partial charge in [0.15, 0.2) is 0 Å². The van der Waals surface area contributed by atoms with Crippen LogP contribution in [0.15, 0.2) is 18.2 Å². The number of rotatable bonds is 3. The maximum absolute atomic E-state index is 9.48. The van der Waals surface area contributed by atoms with Crippen molar-refractivity contribution in [2.75, 3.05) is 7.11 Å². The molecule has 1 aliphatic rings. The van der Waals surface area contributed by atoms with Crippen molar-refractivity contribution in [1.29, 1.82) is 0 Å². The fraction of sp³-hybridized carbons (Fsp3) is 0.538. The summed E-state index contributed by atoms with van der Waals surface area (Å²) in [5, 5.41) is 9.48. The Morgan fingerprint density at radius 2 is 2.06 bits per heavy atom. The summed E-state index contributed by atoms with van der Waals surface area (Å²) in [5.41, 5.74) is 2.29. The van der Waals surface area contributed by atoms with Crippen LogP contribution >= 0.6 is 0 Å². The zero-order valence-electron chi connectivity index (χ0n) is 9.93. The molecule has 1 aromatic carbocycles. The Morgan fingerprint density at radius 3 is 2.69 bits per heavy atom. The highest BCUT2D eigenvalue weighted by molar-refractivity contribution is 5.36. The van der Waals surface area contributed by atoms with Gasteiger partial charge in [-0.3, -0.25) is 0 Å². The molecule has 3 unspecified atom stereocenters. The van der Waals surface area contributed by atoms with Crippen LogP contribution in [0.2, 0.25) is 0 Å². The van der Waals surface area contributed by atoms with Crippen LogP contribution in [0.4, 0.5) is 0 Å². The van der Waals surface area contributed by atoms with Crippen LogP contribution in [-0.4, -0.2) is 30.5 Å². The fourth-order valence-corrected chi connectivity index (χ4v) is 1.98. The van der Waals surface area contributed by atoms with Crippen molar-refractivity contribution in [2.24, 2.45) is 0 Å². The van der Waals surface area contributed by atoms with Gasteiger partial charge in [0.2, 0.25) is 0 Å². The quantitative estimate of drug-likeness (QED) is 0.848. The molecule has 1 aliphatic carbocycles. The van der Waals surface area contributed by atoms with E-state index in [9.17, 15) is 5.11 Å². The van der Waals surface area contributed by atoms with Crippen molar-refractivity contribution in [1.82, 2.24) is 0 Å². The third-order valence-electron chi connectivity index (χ3n) is 3.11. The summed E-state index contributed by atoms with van der Waals surface area (Å²) >= 11 is 0. The van der Waals surface area contributed by atoms with E-state index in [0.29, 0.717) is 6.42 Å². The van der Waals surface area contributed by atoms with E-state index in [0.717, 1.165) is 11.3 Å². The molecule has 0 radical (unpaired) electrons. The highest BCUT2D eigenvalue weighted by Gasteiger charge is 2.42. The lowest BCUT2D eigenvalue weighted by molar-refractivity contribution is -0.149. The summed E-state index contributed by atoms with van der Waals surface area (Å²) < 4.78 is 11.0. The standard InChI is InChI=1S/C13H18O3/c1-8-4-5-9(2)11(6-8)16-12-7-10(14)13(12)15-3/h4-6,10,12-14H,7H2,1-3H3. The normalized spacial score (nSPS) is 28.6. The maximum atomic E-state index is 9.48. The summed E-state index contributed by atoms with van der Waals surface area (Å²) in [7, 11) is 1.60. The van der Waals surface area contributed by atoms with Gasteiger partial charge < -0.3 is 14.6 Å². The lowest BCUT2D eigenvalue weighted by Gasteiger charge is -2.40. The molecule has 1 saturated carbocycles. The van der Waals surface area contributed by atoms with Crippen LogP contribution in [-0.2, 0) is 4.74 Å². The van der Waals surface area contributed by atoms with E-state index in [-0.39, 0.29) is 18.3 Å². The van der Waals surface area contributed by atoms with Crippen molar-refractivity contribution in [3.05, 3.63) is 29.3 Å². The summed E-state index contributed by atoms with van der Waals surface area (Å²) in [6, 6.07) is 6.12. The molecule has 1 fully saturated rings. The maximum Gasteiger partial charge on any atom is 0.130 e. The predicted octanol–water partition coefficient (Wildman–Crippen LogP) is 1.83. The molecule has 3 heteroatoms. The van der Waals surface area contributed by atoms with E-state index in [1.807, 2.05) is 26.0 Å². The summed E-state index contributed by atoms with van der Waals surface area (Å²) in [5.74, 6) is 0.888. The van der Waals surface area contributed by atoms with E-state index in [1.54, 1.807) is 7.11 Å². The number of hydrogen-bond acceptors (Lipinski definition) is 3. The van der Waals surface area contributed by atoms with Crippen molar-refractivity contribution < 1.29 is 14.6 Å². The van der Waals surface area contributed by atoms with E-state index < -0.39 is 0 Å². The first-order valence-electron chi connectivity index (χ1n) is 5.56. The molecule has 0 aromatic heterocycles. The minimum Gasteiger partial charge on any atom is -0.487 e. The van der Waals surface area contributed by atoms with Crippen LogP contribution in [0.25, 0.3) is 0 Å². The van der Waals surface area contributed by atoms with Crippen molar-refractivity contribution in [3.63, 3.8) is 0 Å². The Balaban J connectivity index is 2.07. The van der Waals surface area contributed by atoms with E-state index in [1.165, 1.54) is 5.56 Å². The predicted molar refractivity (Wildman–Crippen MR) is 61.8 cm³/mol. The number of methoxy groups -OCH3 is 1. The number of benzene rings is 1. The van der Waals surface area contributed by atoms with Gasteiger partial charge in [0.1, 0.15) is 18.0 Å². The topological polar surface area (TPSA) is 38.7 Å². The molecule has 0 heterocycles. The smallest absolute Gasteiger partial charge is 0.130 e. The van der Waals surface area contributed by atoms with E-state index in [4.69, 9.17) is 9.47 Å². The van der Waals surface area contributed by atoms with Gasteiger partial charge in [-0.1, -0.05) is 12.1 Å².